The molecule has 0 bridgehead atoms. The SMILES string of the molecule is CCCNc1cc(C)nc(-c2cc(Br)c(Cl)s2)n1. The summed E-state index contributed by atoms with van der Waals surface area (Å²) < 4.78 is 1.61. The van der Waals surface area contributed by atoms with E-state index in [0.29, 0.717) is 5.82 Å². The van der Waals surface area contributed by atoms with Crippen molar-refractivity contribution >= 4 is 44.7 Å². The Balaban J connectivity index is 2.35. The van der Waals surface area contributed by atoms with Gasteiger partial charge in [0.15, 0.2) is 5.82 Å². The summed E-state index contributed by atoms with van der Waals surface area (Å²) in [6, 6.07) is 3.90. The number of thiophene rings is 1. The fourth-order valence-electron chi connectivity index (χ4n) is 1.48. The quantitative estimate of drug-likeness (QED) is 0.868. The van der Waals surface area contributed by atoms with Gasteiger partial charge < -0.3 is 5.32 Å². The molecule has 1 N–H and O–H groups in total. The average Bonchev–Trinajstić information content (AvgIpc) is 2.66. The highest BCUT2D eigenvalue weighted by atomic mass is 79.9. The Kier molecular flexibility index (Phi) is 4.59. The minimum atomic E-state index is 0.714. The summed E-state index contributed by atoms with van der Waals surface area (Å²) in [5.41, 5.74) is 0.944. The van der Waals surface area contributed by atoms with Gasteiger partial charge in [-0.2, -0.15) is 0 Å². The summed E-state index contributed by atoms with van der Waals surface area (Å²) in [6.45, 7) is 5.00. The lowest BCUT2D eigenvalue weighted by Gasteiger charge is -2.06. The van der Waals surface area contributed by atoms with E-state index in [1.54, 1.807) is 0 Å². The second-order valence-corrected chi connectivity index (χ2v) is 6.39. The van der Waals surface area contributed by atoms with Gasteiger partial charge in [-0.3, -0.25) is 0 Å². The van der Waals surface area contributed by atoms with Crippen molar-refractivity contribution in [2.45, 2.75) is 20.3 Å². The molecule has 0 saturated heterocycles. The summed E-state index contributed by atoms with van der Waals surface area (Å²) in [5.74, 6) is 1.58. The van der Waals surface area contributed by atoms with Gasteiger partial charge in [-0.05, 0) is 35.3 Å². The molecule has 18 heavy (non-hydrogen) atoms. The van der Waals surface area contributed by atoms with Crippen molar-refractivity contribution in [3.63, 3.8) is 0 Å². The van der Waals surface area contributed by atoms with E-state index in [0.717, 1.165) is 38.2 Å². The zero-order valence-corrected chi connectivity index (χ0v) is 13.3. The van der Waals surface area contributed by atoms with Crippen LogP contribution in [0, 0.1) is 6.92 Å². The molecule has 96 valence electrons. The molecule has 0 aliphatic rings. The van der Waals surface area contributed by atoms with E-state index in [1.165, 1.54) is 11.3 Å². The Labute approximate surface area is 124 Å². The second kappa shape index (κ2) is 5.99. The summed E-state index contributed by atoms with van der Waals surface area (Å²) in [7, 11) is 0. The van der Waals surface area contributed by atoms with Crippen LogP contribution < -0.4 is 5.32 Å². The highest BCUT2D eigenvalue weighted by molar-refractivity contribution is 9.10. The molecule has 0 aliphatic heterocycles. The molecule has 0 amide bonds. The van der Waals surface area contributed by atoms with E-state index in [-0.39, 0.29) is 0 Å². The van der Waals surface area contributed by atoms with Crippen molar-refractivity contribution in [1.29, 1.82) is 0 Å². The molecule has 0 saturated carbocycles. The first-order valence-corrected chi connectivity index (χ1v) is 7.63. The number of nitrogens with one attached hydrogen (secondary N) is 1. The first kappa shape index (κ1) is 13.8. The number of hydrogen-bond donors (Lipinski definition) is 1. The van der Waals surface area contributed by atoms with Crippen LogP contribution in [0.1, 0.15) is 19.0 Å². The summed E-state index contributed by atoms with van der Waals surface area (Å²) in [6.07, 6.45) is 1.06. The van der Waals surface area contributed by atoms with Crippen molar-refractivity contribution in [2.24, 2.45) is 0 Å². The predicted octanol–water partition coefficient (Wildman–Crippen LogP) is 4.75. The molecule has 2 aromatic heterocycles. The van der Waals surface area contributed by atoms with Crippen molar-refractivity contribution in [3.05, 3.63) is 26.6 Å². The topological polar surface area (TPSA) is 37.8 Å². The lowest BCUT2D eigenvalue weighted by molar-refractivity contribution is 0.963. The van der Waals surface area contributed by atoms with Crippen LogP contribution in [0.15, 0.2) is 16.6 Å². The molecule has 0 aliphatic carbocycles. The Morgan fingerprint density at radius 1 is 1.39 bits per heavy atom. The molecule has 2 rings (SSSR count). The van der Waals surface area contributed by atoms with Gasteiger partial charge in [0, 0.05) is 22.8 Å². The highest BCUT2D eigenvalue weighted by Crippen LogP contribution is 2.36. The van der Waals surface area contributed by atoms with Crippen LogP contribution in [0.25, 0.3) is 10.7 Å². The van der Waals surface area contributed by atoms with Crippen LogP contribution >= 0.6 is 38.9 Å². The van der Waals surface area contributed by atoms with Gasteiger partial charge in [0.2, 0.25) is 0 Å². The average molecular weight is 347 g/mol. The highest BCUT2D eigenvalue weighted by Gasteiger charge is 2.10. The Morgan fingerprint density at radius 3 is 2.78 bits per heavy atom. The summed E-state index contributed by atoms with van der Waals surface area (Å²) in [5, 5.41) is 3.28. The number of anilines is 1. The first-order chi connectivity index (χ1) is 8.60. The second-order valence-electron chi connectivity index (χ2n) is 3.88. The van der Waals surface area contributed by atoms with E-state index >= 15 is 0 Å². The normalized spacial score (nSPS) is 10.7. The van der Waals surface area contributed by atoms with Crippen LogP contribution in [0.4, 0.5) is 5.82 Å². The van der Waals surface area contributed by atoms with Crippen LogP contribution in [0.3, 0.4) is 0 Å². The van der Waals surface area contributed by atoms with Gasteiger partial charge in [-0.25, -0.2) is 9.97 Å². The molecule has 0 aromatic carbocycles. The largest absolute Gasteiger partial charge is 0.370 e. The van der Waals surface area contributed by atoms with Crippen LogP contribution in [0.5, 0.6) is 0 Å². The van der Waals surface area contributed by atoms with Gasteiger partial charge in [0.05, 0.1) is 4.88 Å². The third-order valence-electron chi connectivity index (χ3n) is 2.28. The summed E-state index contributed by atoms with van der Waals surface area (Å²) in [4.78, 5) is 9.92. The van der Waals surface area contributed by atoms with Crippen LogP contribution in [0.2, 0.25) is 4.34 Å². The fraction of sp³-hybridized carbons (Fsp3) is 0.333. The van der Waals surface area contributed by atoms with Gasteiger partial charge in [-0.1, -0.05) is 18.5 Å². The third-order valence-corrected chi connectivity index (χ3v) is 4.75. The fourth-order valence-corrected chi connectivity index (χ4v) is 3.12. The maximum Gasteiger partial charge on any atom is 0.171 e. The van der Waals surface area contributed by atoms with E-state index in [2.05, 4.69) is 38.1 Å². The number of aryl methyl sites for hydroxylation is 1. The smallest absolute Gasteiger partial charge is 0.171 e. The number of hydrogen-bond acceptors (Lipinski definition) is 4. The zero-order valence-electron chi connectivity index (χ0n) is 10.1. The Bertz CT molecular complexity index is 537. The van der Waals surface area contributed by atoms with Crippen molar-refractivity contribution in [3.8, 4) is 10.7 Å². The van der Waals surface area contributed by atoms with E-state index in [4.69, 9.17) is 11.6 Å². The van der Waals surface area contributed by atoms with Gasteiger partial charge >= 0.3 is 0 Å². The zero-order chi connectivity index (χ0) is 13.1. The molecule has 2 aromatic rings. The Hall–Kier alpha value is -0.650. The predicted molar refractivity (Wildman–Crippen MR) is 81.6 cm³/mol. The molecular formula is C12H13BrClN3S. The molecule has 0 unspecified atom stereocenters. The van der Waals surface area contributed by atoms with Crippen LogP contribution in [-0.4, -0.2) is 16.5 Å². The summed E-state index contributed by atoms with van der Waals surface area (Å²) >= 11 is 10.9. The van der Waals surface area contributed by atoms with E-state index in [1.807, 2.05) is 19.1 Å². The molecular weight excluding hydrogens is 334 g/mol. The molecule has 0 fully saturated rings. The minimum absolute atomic E-state index is 0.714. The lowest BCUT2D eigenvalue weighted by atomic mass is 10.3. The third kappa shape index (κ3) is 3.22. The van der Waals surface area contributed by atoms with Crippen molar-refractivity contribution in [2.75, 3.05) is 11.9 Å². The molecule has 0 radical (unpaired) electrons. The minimum Gasteiger partial charge on any atom is -0.370 e. The maximum atomic E-state index is 6.04. The molecule has 0 spiro atoms. The maximum absolute atomic E-state index is 6.04. The molecule has 2 heterocycles. The molecule has 6 heteroatoms. The molecule has 3 nitrogen and oxygen atoms in total. The van der Waals surface area contributed by atoms with Gasteiger partial charge in [0.25, 0.3) is 0 Å². The van der Waals surface area contributed by atoms with E-state index in [9.17, 15) is 0 Å². The first-order valence-electron chi connectivity index (χ1n) is 5.65. The molecule has 0 atom stereocenters. The van der Waals surface area contributed by atoms with E-state index < -0.39 is 0 Å². The Morgan fingerprint density at radius 2 is 2.17 bits per heavy atom. The van der Waals surface area contributed by atoms with Crippen LogP contribution in [-0.2, 0) is 0 Å². The van der Waals surface area contributed by atoms with Crippen molar-refractivity contribution in [1.82, 2.24) is 9.97 Å². The van der Waals surface area contributed by atoms with Crippen molar-refractivity contribution < 1.29 is 0 Å². The lowest BCUT2D eigenvalue weighted by Crippen LogP contribution is -2.04. The number of rotatable bonds is 4. The standard InChI is InChI=1S/C12H13BrClN3S/c1-3-4-15-10-5-7(2)16-12(17-10)9-6-8(13)11(14)18-9/h5-6H,3-4H2,1-2H3,(H,15,16,17). The monoisotopic (exact) mass is 345 g/mol. The van der Waals surface area contributed by atoms with Gasteiger partial charge in [0.1, 0.15) is 10.2 Å². The number of nitrogens with zero attached hydrogens (tertiary/aromatic N) is 2. The number of halogens is 2. The number of aromatic nitrogens is 2. The van der Waals surface area contributed by atoms with Gasteiger partial charge in [-0.15, -0.1) is 11.3 Å².